The average molecular weight is 241 g/mol. The summed E-state index contributed by atoms with van der Waals surface area (Å²) in [5.41, 5.74) is 1.08. The number of allylic oxidation sites excluding steroid dienone is 1. The van der Waals surface area contributed by atoms with Crippen LogP contribution in [0.15, 0.2) is 36.4 Å². The van der Waals surface area contributed by atoms with E-state index in [0.29, 0.717) is 11.1 Å². The van der Waals surface area contributed by atoms with Gasteiger partial charge in [-0.25, -0.2) is 0 Å². The Hall–Kier alpha value is -1.90. The minimum atomic E-state index is -0.146. The lowest BCUT2D eigenvalue weighted by Crippen LogP contribution is -2.38. The first-order chi connectivity index (χ1) is 8.79. The summed E-state index contributed by atoms with van der Waals surface area (Å²) in [6.45, 7) is 0. The maximum atomic E-state index is 12.3. The molecule has 1 aliphatic heterocycles. The first-order valence-corrected chi connectivity index (χ1v) is 6.42. The van der Waals surface area contributed by atoms with Gasteiger partial charge in [0.15, 0.2) is 0 Å². The molecule has 1 atom stereocenters. The lowest BCUT2D eigenvalue weighted by Gasteiger charge is -2.22. The summed E-state index contributed by atoms with van der Waals surface area (Å²) in [6.07, 6.45) is 8.21. The quantitative estimate of drug-likeness (QED) is 0.560. The fourth-order valence-electron chi connectivity index (χ4n) is 2.69. The largest absolute Gasteiger partial charge is 0.269 e. The topological polar surface area (TPSA) is 37.4 Å². The summed E-state index contributed by atoms with van der Waals surface area (Å²) >= 11 is 0. The van der Waals surface area contributed by atoms with Gasteiger partial charge in [-0.05, 0) is 31.4 Å². The molecule has 3 nitrogen and oxygen atoms in total. The van der Waals surface area contributed by atoms with Crippen LogP contribution in [0.4, 0.5) is 0 Å². The molecule has 3 rings (SSSR count). The smallest absolute Gasteiger partial charge is 0.262 e. The summed E-state index contributed by atoms with van der Waals surface area (Å²) in [4.78, 5) is 26.0. The lowest BCUT2D eigenvalue weighted by atomic mass is 10.1. The Morgan fingerprint density at radius 3 is 2.33 bits per heavy atom. The molecule has 0 spiro atoms. The lowest BCUT2D eigenvalue weighted by molar-refractivity contribution is 0.0609. The highest BCUT2D eigenvalue weighted by atomic mass is 16.2. The second-order valence-electron chi connectivity index (χ2n) is 4.81. The Morgan fingerprint density at radius 1 is 1.00 bits per heavy atom. The number of fused-ring (bicyclic) bond motifs is 1. The molecule has 1 heterocycles. The van der Waals surface area contributed by atoms with E-state index in [1.807, 2.05) is 6.08 Å². The predicted octanol–water partition coefficient (Wildman–Crippen LogP) is 2.78. The molecule has 0 radical (unpaired) electrons. The minimum Gasteiger partial charge on any atom is -0.269 e. The van der Waals surface area contributed by atoms with Crippen LogP contribution in [-0.2, 0) is 0 Å². The van der Waals surface area contributed by atoms with Crippen molar-refractivity contribution >= 4 is 11.8 Å². The standard InChI is InChI=1S/C15H15NO2/c17-14-12-9-5-6-10-13(12)15(18)16(14)11-7-3-1-2-4-8-11/h3,5-7,9-11H,1-2,4,8H2. The molecule has 1 unspecified atom stereocenters. The molecule has 1 aliphatic carbocycles. The maximum absolute atomic E-state index is 12.3. The zero-order valence-electron chi connectivity index (χ0n) is 10.1. The van der Waals surface area contributed by atoms with Gasteiger partial charge in [-0.2, -0.15) is 0 Å². The molecule has 0 bridgehead atoms. The molecule has 92 valence electrons. The monoisotopic (exact) mass is 241 g/mol. The van der Waals surface area contributed by atoms with Crippen LogP contribution in [0.1, 0.15) is 46.4 Å². The molecule has 1 aromatic carbocycles. The highest BCUT2D eigenvalue weighted by molar-refractivity contribution is 6.21. The van der Waals surface area contributed by atoms with Crippen LogP contribution < -0.4 is 0 Å². The molecule has 0 saturated carbocycles. The molecule has 0 saturated heterocycles. The van der Waals surface area contributed by atoms with Crippen molar-refractivity contribution in [3.63, 3.8) is 0 Å². The van der Waals surface area contributed by atoms with Gasteiger partial charge in [0.25, 0.3) is 11.8 Å². The fourth-order valence-corrected chi connectivity index (χ4v) is 2.69. The highest BCUT2D eigenvalue weighted by Gasteiger charge is 2.38. The van der Waals surface area contributed by atoms with Crippen LogP contribution >= 0.6 is 0 Å². The first kappa shape index (κ1) is 11.2. The molecular formula is C15H15NO2. The summed E-state index contributed by atoms with van der Waals surface area (Å²) in [5.74, 6) is -0.292. The van der Waals surface area contributed by atoms with Crippen LogP contribution in [0, 0.1) is 0 Å². The average Bonchev–Trinajstić information content (AvgIpc) is 2.61. The first-order valence-electron chi connectivity index (χ1n) is 6.42. The van der Waals surface area contributed by atoms with Gasteiger partial charge in [-0.15, -0.1) is 0 Å². The summed E-state index contributed by atoms with van der Waals surface area (Å²) < 4.78 is 0. The van der Waals surface area contributed by atoms with Crippen LogP contribution in [-0.4, -0.2) is 22.8 Å². The SMILES string of the molecule is O=C1c2ccccc2C(=O)N1C1C=CCCCC1. The van der Waals surface area contributed by atoms with Crippen molar-refractivity contribution in [2.45, 2.75) is 31.7 Å². The second kappa shape index (κ2) is 4.41. The summed E-state index contributed by atoms with van der Waals surface area (Å²) in [6, 6.07) is 7.00. The maximum Gasteiger partial charge on any atom is 0.262 e. The summed E-state index contributed by atoms with van der Waals surface area (Å²) in [5, 5.41) is 0. The number of amides is 2. The number of hydrogen-bond acceptors (Lipinski definition) is 2. The molecule has 2 amide bonds. The van der Waals surface area contributed by atoms with E-state index in [2.05, 4.69) is 6.08 Å². The van der Waals surface area contributed by atoms with Gasteiger partial charge in [0, 0.05) is 0 Å². The predicted molar refractivity (Wildman–Crippen MR) is 68.3 cm³/mol. The molecular weight excluding hydrogens is 226 g/mol. The van der Waals surface area contributed by atoms with E-state index >= 15 is 0 Å². The number of benzene rings is 1. The fraction of sp³-hybridized carbons (Fsp3) is 0.333. The molecule has 0 aromatic heterocycles. The van der Waals surface area contributed by atoms with E-state index in [1.54, 1.807) is 24.3 Å². The van der Waals surface area contributed by atoms with E-state index in [9.17, 15) is 9.59 Å². The molecule has 2 aliphatic rings. The Bertz CT molecular complexity index is 498. The van der Waals surface area contributed by atoms with Gasteiger partial charge in [0.05, 0.1) is 17.2 Å². The van der Waals surface area contributed by atoms with Gasteiger partial charge in [-0.1, -0.05) is 30.7 Å². The molecule has 3 heteroatoms. The van der Waals surface area contributed by atoms with Crippen molar-refractivity contribution in [2.75, 3.05) is 0 Å². The Balaban J connectivity index is 1.96. The zero-order valence-corrected chi connectivity index (χ0v) is 10.1. The van der Waals surface area contributed by atoms with E-state index in [4.69, 9.17) is 0 Å². The van der Waals surface area contributed by atoms with Gasteiger partial charge < -0.3 is 0 Å². The molecule has 0 fully saturated rings. The molecule has 1 aromatic rings. The van der Waals surface area contributed by atoms with Gasteiger partial charge in [0.2, 0.25) is 0 Å². The number of rotatable bonds is 1. The van der Waals surface area contributed by atoms with E-state index < -0.39 is 0 Å². The summed E-state index contributed by atoms with van der Waals surface area (Å²) in [7, 11) is 0. The van der Waals surface area contributed by atoms with Crippen molar-refractivity contribution in [3.05, 3.63) is 47.5 Å². The third-order valence-corrected chi connectivity index (χ3v) is 3.64. The number of imide groups is 1. The second-order valence-corrected chi connectivity index (χ2v) is 4.81. The van der Waals surface area contributed by atoms with Crippen molar-refractivity contribution < 1.29 is 9.59 Å². The third kappa shape index (κ3) is 1.67. The van der Waals surface area contributed by atoms with Crippen LogP contribution in [0.3, 0.4) is 0 Å². The number of nitrogens with zero attached hydrogens (tertiary/aromatic N) is 1. The molecule has 0 N–H and O–H groups in total. The van der Waals surface area contributed by atoms with Crippen molar-refractivity contribution in [3.8, 4) is 0 Å². The number of hydrogen-bond donors (Lipinski definition) is 0. The third-order valence-electron chi connectivity index (χ3n) is 3.64. The highest BCUT2D eigenvalue weighted by Crippen LogP contribution is 2.27. The number of carbonyl (C=O) groups is 2. The number of carbonyl (C=O) groups excluding carboxylic acids is 2. The van der Waals surface area contributed by atoms with Crippen LogP contribution in [0.25, 0.3) is 0 Å². The Labute approximate surface area is 106 Å². The van der Waals surface area contributed by atoms with E-state index in [-0.39, 0.29) is 17.9 Å². The van der Waals surface area contributed by atoms with Crippen molar-refractivity contribution in [1.29, 1.82) is 0 Å². The minimum absolute atomic E-state index is 0.0695. The van der Waals surface area contributed by atoms with Gasteiger partial charge in [0.1, 0.15) is 0 Å². The van der Waals surface area contributed by atoms with Gasteiger partial charge in [-0.3, -0.25) is 14.5 Å². The van der Waals surface area contributed by atoms with E-state index in [0.717, 1.165) is 25.7 Å². The Kier molecular flexibility index (Phi) is 2.74. The Morgan fingerprint density at radius 2 is 1.67 bits per heavy atom. The molecule has 18 heavy (non-hydrogen) atoms. The van der Waals surface area contributed by atoms with E-state index in [1.165, 1.54) is 4.90 Å². The zero-order chi connectivity index (χ0) is 12.5. The normalized spacial score (nSPS) is 23.1. The van der Waals surface area contributed by atoms with Gasteiger partial charge >= 0.3 is 0 Å². The van der Waals surface area contributed by atoms with Crippen LogP contribution in [0.2, 0.25) is 0 Å². The van der Waals surface area contributed by atoms with Crippen molar-refractivity contribution in [2.24, 2.45) is 0 Å². The van der Waals surface area contributed by atoms with Crippen molar-refractivity contribution in [1.82, 2.24) is 4.90 Å². The van der Waals surface area contributed by atoms with Crippen LogP contribution in [0.5, 0.6) is 0 Å².